The zero-order valence-electron chi connectivity index (χ0n) is 9.53. The zero-order chi connectivity index (χ0) is 9.53. The van der Waals surface area contributed by atoms with Crippen molar-refractivity contribution in [2.24, 2.45) is 16.7 Å². The molecule has 0 aliphatic heterocycles. The topological polar surface area (TPSA) is 0 Å². The molecule has 2 saturated carbocycles. The molecular weight excluding hydrogens is 156 g/mol. The fourth-order valence-electron chi connectivity index (χ4n) is 4.26. The standard InChI is InChI=1S/C13H24/c1-4-6-11-7-8-13(5-2)10-9-12(11,13)3/h11H,4-10H2,1-3H3. The molecule has 0 aromatic heterocycles. The van der Waals surface area contributed by atoms with Gasteiger partial charge >= 0.3 is 0 Å². The number of fused-ring (bicyclic) bond motifs is 1. The van der Waals surface area contributed by atoms with E-state index in [4.69, 9.17) is 0 Å². The van der Waals surface area contributed by atoms with E-state index in [0.29, 0.717) is 0 Å². The molecule has 0 saturated heterocycles. The van der Waals surface area contributed by atoms with Crippen LogP contribution in [-0.2, 0) is 0 Å². The lowest BCUT2D eigenvalue weighted by Gasteiger charge is -2.56. The van der Waals surface area contributed by atoms with Crippen LogP contribution < -0.4 is 0 Å². The van der Waals surface area contributed by atoms with Crippen molar-refractivity contribution >= 4 is 0 Å². The minimum atomic E-state index is 0.748. The normalized spacial score (nSPS) is 48.7. The van der Waals surface area contributed by atoms with Crippen LogP contribution in [-0.4, -0.2) is 0 Å². The first kappa shape index (κ1) is 9.55. The summed E-state index contributed by atoms with van der Waals surface area (Å²) in [6, 6.07) is 0. The average Bonchev–Trinajstić information content (AvgIpc) is 2.30. The third-order valence-electron chi connectivity index (χ3n) is 5.52. The molecule has 2 rings (SSSR count). The van der Waals surface area contributed by atoms with Crippen molar-refractivity contribution in [3.8, 4) is 0 Å². The second-order valence-electron chi connectivity index (χ2n) is 5.58. The maximum absolute atomic E-state index is 2.58. The van der Waals surface area contributed by atoms with Crippen LogP contribution in [0, 0.1) is 16.7 Å². The quantitative estimate of drug-likeness (QED) is 0.604. The van der Waals surface area contributed by atoms with Crippen LogP contribution in [0.5, 0.6) is 0 Å². The SMILES string of the molecule is CCCC1CCC2(CC)CCC12C. The van der Waals surface area contributed by atoms with Gasteiger partial charge in [0.15, 0.2) is 0 Å². The minimum absolute atomic E-state index is 0.748. The summed E-state index contributed by atoms with van der Waals surface area (Å²) < 4.78 is 0. The van der Waals surface area contributed by atoms with E-state index in [0.717, 1.165) is 16.7 Å². The van der Waals surface area contributed by atoms with E-state index in [2.05, 4.69) is 20.8 Å². The fourth-order valence-corrected chi connectivity index (χ4v) is 4.26. The third kappa shape index (κ3) is 1.04. The molecule has 2 aliphatic rings. The first-order valence-electron chi connectivity index (χ1n) is 6.18. The second-order valence-corrected chi connectivity index (χ2v) is 5.58. The minimum Gasteiger partial charge on any atom is -0.0654 e. The van der Waals surface area contributed by atoms with Crippen LogP contribution in [0.3, 0.4) is 0 Å². The summed E-state index contributed by atoms with van der Waals surface area (Å²) in [6.45, 7) is 7.33. The van der Waals surface area contributed by atoms with Crippen molar-refractivity contribution in [1.82, 2.24) is 0 Å². The van der Waals surface area contributed by atoms with Gasteiger partial charge < -0.3 is 0 Å². The zero-order valence-corrected chi connectivity index (χ0v) is 9.53. The van der Waals surface area contributed by atoms with Gasteiger partial charge in [-0.05, 0) is 48.9 Å². The van der Waals surface area contributed by atoms with Crippen LogP contribution in [0.4, 0.5) is 0 Å². The Labute approximate surface area is 83.1 Å². The number of rotatable bonds is 3. The van der Waals surface area contributed by atoms with E-state index in [1.165, 1.54) is 44.9 Å². The molecule has 0 aromatic carbocycles. The molecule has 0 spiro atoms. The van der Waals surface area contributed by atoms with Crippen molar-refractivity contribution in [3.63, 3.8) is 0 Å². The highest BCUT2D eigenvalue weighted by Crippen LogP contribution is 2.70. The maximum atomic E-state index is 2.58. The number of hydrogen-bond donors (Lipinski definition) is 0. The molecule has 0 amide bonds. The second kappa shape index (κ2) is 3.00. The first-order valence-corrected chi connectivity index (χ1v) is 6.18. The van der Waals surface area contributed by atoms with Crippen molar-refractivity contribution < 1.29 is 0 Å². The molecule has 76 valence electrons. The van der Waals surface area contributed by atoms with Crippen LogP contribution in [0.2, 0.25) is 0 Å². The largest absolute Gasteiger partial charge is 0.0654 e. The molecule has 3 atom stereocenters. The summed E-state index contributed by atoms with van der Waals surface area (Å²) in [4.78, 5) is 0. The van der Waals surface area contributed by atoms with E-state index in [-0.39, 0.29) is 0 Å². The van der Waals surface area contributed by atoms with Gasteiger partial charge in [0, 0.05) is 0 Å². The van der Waals surface area contributed by atoms with Crippen LogP contribution >= 0.6 is 0 Å². The molecule has 13 heavy (non-hydrogen) atoms. The van der Waals surface area contributed by atoms with Gasteiger partial charge in [0.1, 0.15) is 0 Å². The summed E-state index contributed by atoms with van der Waals surface area (Å²) in [7, 11) is 0. The number of hydrogen-bond acceptors (Lipinski definition) is 0. The van der Waals surface area contributed by atoms with Gasteiger partial charge in [0.2, 0.25) is 0 Å². The van der Waals surface area contributed by atoms with Gasteiger partial charge in [0.05, 0.1) is 0 Å². The highest BCUT2D eigenvalue weighted by molar-refractivity contribution is 5.11. The van der Waals surface area contributed by atoms with Gasteiger partial charge in [-0.1, -0.05) is 33.6 Å². The molecule has 3 unspecified atom stereocenters. The van der Waals surface area contributed by atoms with Crippen molar-refractivity contribution in [2.45, 2.75) is 65.7 Å². The summed E-state index contributed by atoms with van der Waals surface area (Å²) >= 11 is 0. The molecule has 0 aromatic rings. The maximum Gasteiger partial charge on any atom is -0.0241 e. The lowest BCUT2D eigenvalue weighted by molar-refractivity contribution is -0.0688. The first-order chi connectivity index (χ1) is 6.18. The Balaban J connectivity index is 2.13. The van der Waals surface area contributed by atoms with Crippen molar-refractivity contribution in [2.75, 3.05) is 0 Å². The third-order valence-corrected chi connectivity index (χ3v) is 5.52. The van der Waals surface area contributed by atoms with Crippen molar-refractivity contribution in [3.05, 3.63) is 0 Å². The predicted molar refractivity (Wildman–Crippen MR) is 57.7 cm³/mol. The molecule has 2 aliphatic carbocycles. The summed E-state index contributed by atoms with van der Waals surface area (Å²) in [6.07, 6.45) is 10.4. The molecule has 0 N–H and O–H groups in total. The molecule has 2 fully saturated rings. The Hall–Kier alpha value is 0. The van der Waals surface area contributed by atoms with E-state index < -0.39 is 0 Å². The molecule has 0 radical (unpaired) electrons. The van der Waals surface area contributed by atoms with Gasteiger partial charge in [0.25, 0.3) is 0 Å². The van der Waals surface area contributed by atoms with E-state index in [9.17, 15) is 0 Å². The van der Waals surface area contributed by atoms with E-state index in [1.807, 2.05) is 0 Å². The average molecular weight is 180 g/mol. The molecular formula is C13H24. The molecule has 0 heterocycles. The van der Waals surface area contributed by atoms with Gasteiger partial charge in [-0.15, -0.1) is 0 Å². The molecule has 0 heteroatoms. The summed E-state index contributed by atoms with van der Waals surface area (Å²) in [5.41, 5.74) is 1.53. The Bertz CT molecular complexity index is 192. The Morgan fingerprint density at radius 3 is 2.31 bits per heavy atom. The lowest BCUT2D eigenvalue weighted by atomic mass is 9.48. The highest BCUT2D eigenvalue weighted by atomic mass is 14.7. The lowest BCUT2D eigenvalue weighted by Crippen LogP contribution is -2.47. The van der Waals surface area contributed by atoms with E-state index >= 15 is 0 Å². The van der Waals surface area contributed by atoms with Crippen LogP contribution in [0.1, 0.15) is 65.7 Å². The Kier molecular flexibility index (Phi) is 2.20. The smallest absolute Gasteiger partial charge is 0.0241 e. The summed E-state index contributed by atoms with van der Waals surface area (Å²) in [5.74, 6) is 1.06. The molecule has 0 nitrogen and oxygen atoms in total. The Morgan fingerprint density at radius 1 is 1.15 bits per heavy atom. The van der Waals surface area contributed by atoms with Crippen molar-refractivity contribution in [1.29, 1.82) is 0 Å². The van der Waals surface area contributed by atoms with Gasteiger partial charge in [-0.3, -0.25) is 0 Å². The molecule has 0 bridgehead atoms. The van der Waals surface area contributed by atoms with Gasteiger partial charge in [-0.25, -0.2) is 0 Å². The highest BCUT2D eigenvalue weighted by Gasteiger charge is 2.61. The van der Waals surface area contributed by atoms with Gasteiger partial charge in [-0.2, -0.15) is 0 Å². The Morgan fingerprint density at radius 2 is 1.92 bits per heavy atom. The predicted octanol–water partition coefficient (Wildman–Crippen LogP) is 4.39. The van der Waals surface area contributed by atoms with Crippen LogP contribution in [0.25, 0.3) is 0 Å². The monoisotopic (exact) mass is 180 g/mol. The summed E-state index contributed by atoms with van der Waals surface area (Å²) in [5, 5.41) is 0. The van der Waals surface area contributed by atoms with E-state index in [1.54, 1.807) is 0 Å². The fraction of sp³-hybridized carbons (Fsp3) is 1.00. The van der Waals surface area contributed by atoms with Crippen LogP contribution in [0.15, 0.2) is 0 Å².